The number of ketones is 1. The van der Waals surface area contributed by atoms with Crippen LogP contribution in [0.5, 0.6) is 17.2 Å². The summed E-state index contributed by atoms with van der Waals surface area (Å²) in [5, 5.41) is 0. The molecule has 0 radical (unpaired) electrons. The van der Waals surface area contributed by atoms with Crippen LogP contribution in [-0.4, -0.2) is 24.6 Å². The van der Waals surface area contributed by atoms with Gasteiger partial charge in [0.1, 0.15) is 23.9 Å². The minimum absolute atomic E-state index is 0.00830. The molecule has 0 spiro atoms. The highest BCUT2D eigenvalue weighted by Crippen LogP contribution is 2.35. The van der Waals surface area contributed by atoms with Crippen LogP contribution >= 0.6 is 0 Å². The Labute approximate surface area is 173 Å². The molecule has 2 aromatic carbocycles. The normalized spacial score (nSPS) is 11.1. The van der Waals surface area contributed by atoms with Crippen LogP contribution < -0.4 is 14.2 Å². The van der Waals surface area contributed by atoms with Crippen molar-refractivity contribution in [2.75, 3.05) is 6.61 Å². The summed E-state index contributed by atoms with van der Waals surface area (Å²) in [6, 6.07) is 10.9. The molecule has 0 aliphatic carbocycles. The summed E-state index contributed by atoms with van der Waals surface area (Å²) >= 11 is 0. The van der Waals surface area contributed by atoms with Gasteiger partial charge in [-0.05, 0) is 82.7 Å². The van der Waals surface area contributed by atoms with Crippen LogP contribution in [0.3, 0.4) is 0 Å². The molecular weight excluding hydrogens is 364 g/mol. The SMILES string of the molecule is C=CCOc1ccc(C(=O)/C=C/c2c(OC(C)C)ccc(C)c2OC(C)C)cc1. The van der Waals surface area contributed by atoms with Gasteiger partial charge < -0.3 is 14.2 Å². The number of hydrogen-bond donors (Lipinski definition) is 0. The summed E-state index contributed by atoms with van der Waals surface area (Å²) in [5.74, 6) is 2.02. The van der Waals surface area contributed by atoms with Gasteiger partial charge in [0, 0.05) is 5.56 Å². The van der Waals surface area contributed by atoms with Crippen molar-refractivity contribution in [1.29, 1.82) is 0 Å². The van der Waals surface area contributed by atoms with Gasteiger partial charge >= 0.3 is 0 Å². The highest BCUT2D eigenvalue weighted by molar-refractivity contribution is 6.07. The maximum atomic E-state index is 12.7. The summed E-state index contributed by atoms with van der Waals surface area (Å²) in [6.07, 6.45) is 5.02. The van der Waals surface area contributed by atoms with Crippen LogP contribution in [0.4, 0.5) is 0 Å². The number of ether oxygens (including phenoxy) is 3. The van der Waals surface area contributed by atoms with E-state index >= 15 is 0 Å². The van der Waals surface area contributed by atoms with Gasteiger partial charge in [0.25, 0.3) is 0 Å². The number of hydrogen-bond acceptors (Lipinski definition) is 4. The lowest BCUT2D eigenvalue weighted by Gasteiger charge is -2.19. The zero-order valence-corrected chi connectivity index (χ0v) is 17.9. The Morgan fingerprint density at radius 1 is 1.00 bits per heavy atom. The Kier molecular flexibility index (Phi) is 8.08. The smallest absolute Gasteiger partial charge is 0.185 e. The molecule has 0 fully saturated rings. The predicted molar refractivity (Wildman–Crippen MR) is 118 cm³/mol. The van der Waals surface area contributed by atoms with Crippen molar-refractivity contribution in [3.8, 4) is 17.2 Å². The zero-order chi connectivity index (χ0) is 21.4. The third-order valence-electron chi connectivity index (χ3n) is 3.98. The molecular formula is C25H30O4. The van der Waals surface area contributed by atoms with Crippen molar-refractivity contribution in [1.82, 2.24) is 0 Å². The van der Waals surface area contributed by atoms with Crippen LogP contribution in [0.1, 0.15) is 49.2 Å². The fourth-order valence-corrected chi connectivity index (χ4v) is 2.72. The van der Waals surface area contributed by atoms with E-state index in [1.54, 1.807) is 42.5 Å². The first-order valence-electron chi connectivity index (χ1n) is 9.85. The first-order chi connectivity index (χ1) is 13.8. The van der Waals surface area contributed by atoms with E-state index in [4.69, 9.17) is 14.2 Å². The van der Waals surface area contributed by atoms with Gasteiger partial charge in [-0.1, -0.05) is 18.7 Å². The monoisotopic (exact) mass is 394 g/mol. The average molecular weight is 395 g/mol. The van der Waals surface area contributed by atoms with Crippen LogP contribution in [-0.2, 0) is 0 Å². The molecule has 0 unspecified atom stereocenters. The molecule has 0 saturated heterocycles. The molecule has 0 aromatic heterocycles. The van der Waals surface area contributed by atoms with Gasteiger partial charge in [0.2, 0.25) is 0 Å². The number of carbonyl (C=O) groups is 1. The molecule has 0 aliphatic rings. The highest BCUT2D eigenvalue weighted by atomic mass is 16.5. The van der Waals surface area contributed by atoms with Gasteiger partial charge in [0.15, 0.2) is 5.78 Å². The molecule has 0 aliphatic heterocycles. The molecule has 0 saturated carbocycles. The summed E-state index contributed by atoms with van der Waals surface area (Å²) < 4.78 is 17.4. The van der Waals surface area contributed by atoms with E-state index in [0.717, 1.165) is 16.9 Å². The second-order valence-electron chi connectivity index (χ2n) is 7.28. The highest BCUT2D eigenvalue weighted by Gasteiger charge is 2.15. The van der Waals surface area contributed by atoms with Crippen LogP contribution in [0.25, 0.3) is 6.08 Å². The molecule has 0 N–H and O–H groups in total. The molecule has 0 amide bonds. The Morgan fingerprint density at radius 3 is 2.24 bits per heavy atom. The Balaban J connectivity index is 2.32. The Bertz CT molecular complexity index is 861. The predicted octanol–water partition coefficient (Wildman–Crippen LogP) is 6.03. The summed E-state index contributed by atoms with van der Waals surface area (Å²) in [7, 11) is 0. The number of benzene rings is 2. The quantitative estimate of drug-likeness (QED) is 0.280. The fraction of sp³-hybridized carbons (Fsp3) is 0.320. The topological polar surface area (TPSA) is 44.8 Å². The van der Waals surface area contributed by atoms with Crippen molar-refractivity contribution in [3.05, 3.63) is 71.8 Å². The second-order valence-corrected chi connectivity index (χ2v) is 7.28. The first kappa shape index (κ1) is 22.3. The molecule has 0 atom stereocenters. The van der Waals surface area contributed by atoms with Crippen molar-refractivity contribution < 1.29 is 19.0 Å². The maximum Gasteiger partial charge on any atom is 0.185 e. The van der Waals surface area contributed by atoms with Crippen LogP contribution in [0.15, 0.2) is 55.1 Å². The average Bonchev–Trinajstić information content (AvgIpc) is 2.67. The van der Waals surface area contributed by atoms with Crippen LogP contribution in [0.2, 0.25) is 0 Å². The summed E-state index contributed by atoms with van der Waals surface area (Å²) in [5.41, 5.74) is 2.34. The van der Waals surface area contributed by atoms with Crippen molar-refractivity contribution in [2.24, 2.45) is 0 Å². The Hall–Kier alpha value is -3.01. The molecule has 2 rings (SSSR count). The third-order valence-corrected chi connectivity index (χ3v) is 3.98. The zero-order valence-electron chi connectivity index (χ0n) is 17.9. The van der Waals surface area contributed by atoms with E-state index in [0.29, 0.717) is 23.7 Å². The standard InChI is InChI=1S/C25H30O4/c1-7-16-27-21-11-9-20(10-12-21)23(26)14-13-22-24(28-17(2)3)15-8-19(6)25(22)29-18(4)5/h7-15,17-18H,1,16H2,2-6H3/b14-13+. The van der Waals surface area contributed by atoms with Gasteiger partial charge in [-0.2, -0.15) is 0 Å². The van der Waals surface area contributed by atoms with Gasteiger partial charge in [-0.15, -0.1) is 0 Å². The molecule has 2 aromatic rings. The maximum absolute atomic E-state index is 12.7. The minimum atomic E-state index is -0.104. The molecule has 0 heterocycles. The number of allylic oxidation sites excluding steroid dienone is 1. The van der Waals surface area contributed by atoms with Crippen molar-refractivity contribution in [2.45, 2.75) is 46.8 Å². The Morgan fingerprint density at radius 2 is 1.66 bits per heavy atom. The van der Waals surface area contributed by atoms with E-state index in [1.165, 1.54) is 0 Å². The van der Waals surface area contributed by atoms with Crippen molar-refractivity contribution >= 4 is 11.9 Å². The second kappa shape index (κ2) is 10.5. The number of aryl methyl sites for hydroxylation is 1. The lowest BCUT2D eigenvalue weighted by Crippen LogP contribution is -2.11. The summed E-state index contributed by atoms with van der Waals surface area (Å²) in [6.45, 7) is 13.9. The van der Waals surface area contributed by atoms with E-state index in [1.807, 2.05) is 46.8 Å². The first-order valence-corrected chi connectivity index (χ1v) is 9.85. The lowest BCUT2D eigenvalue weighted by atomic mass is 10.0. The number of carbonyl (C=O) groups excluding carboxylic acids is 1. The largest absolute Gasteiger partial charge is 0.490 e. The minimum Gasteiger partial charge on any atom is -0.490 e. The molecule has 4 nitrogen and oxygen atoms in total. The van der Waals surface area contributed by atoms with Gasteiger partial charge in [-0.3, -0.25) is 4.79 Å². The lowest BCUT2D eigenvalue weighted by molar-refractivity contribution is 0.104. The van der Waals surface area contributed by atoms with Crippen LogP contribution in [0, 0.1) is 6.92 Å². The van der Waals surface area contributed by atoms with E-state index in [2.05, 4.69) is 6.58 Å². The molecule has 154 valence electrons. The fourth-order valence-electron chi connectivity index (χ4n) is 2.72. The van der Waals surface area contributed by atoms with E-state index in [-0.39, 0.29) is 18.0 Å². The summed E-state index contributed by atoms with van der Waals surface area (Å²) in [4.78, 5) is 12.7. The van der Waals surface area contributed by atoms with Crippen molar-refractivity contribution in [3.63, 3.8) is 0 Å². The number of rotatable bonds is 10. The molecule has 29 heavy (non-hydrogen) atoms. The van der Waals surface area contributed by atoms with Gasteiger partial charge in [0.05, 0.1) is 17.8 Å². The third kappa shape index (κ3) is 6.53. The molecule has 0 bridgehead atoms. The molecule has 4 heteroatoms. The van der Waals surface area contributed by atoms with E-state index in [9.17, 15) is 4.79 Å². The van der Waals surface area contributed by atoms with Gasteiger partial charge in [-0.25, -0.2) is 0 Å². The van der Waals surface area contributed by atoms with E-state index < -0.39 is 0 Å².